The number of rotatable bonds is 15. The van der Waals surface area contributed by atoms with Crippen molar-refractivity contribution in [2.75, 3.05) is 31.7 Å². The number of benzene rings is 1. The number of nitrogens with one attached hydrogen (secondary N) is 2. The molecule has 1 aromatic heterocycles. The van der Waals surface area contributed by atoms with Crippen molar-refractivity contribution in [3.63, 3.8) is 0 Å². The van der Waals surface area contributed by atoms with E-state index >= 15 is 0 Å². The maximum absolute atomic E-state index is 13.3. The molecule has 2 saturated heterocycles. The number of ketones is 1. The highest BCUT2D eigenvalue weighted by Gasteiger charge is 2.63. The number of thiazole rings is 1. The summed E-state index contributed by atoms with van der Waals surface area (Å²) in [5.41, 5.74) is 2.96. The summed E-state index contributed by atoms with van der Waals surface area (Å²) in [7, 11) is 1.32. The van der Waals surface area contributed by atoms with Crippen LogP contribution in [0.2, 0.25) is 5.02 Å². The van der Waals surface area contributed by atoms with Crippen LogP contribution in [0.1, 0.15) is 29.9 Å². The number of carbonyl (C=O) groups is 6. The molecule has 22 heteroatoms. The number of nitrogens with zero attached hydrogens (tertiary/aromatic N) is 3. The van der Waals surface area contributed by atoms with E-state index in [-0.39, 0.29) is 35.3 Å². The normalized spacial score (nSPS) is 20.9. The number of aromatic hydroxyl groups is 2. The summed E-state index contributed by atoms with van der Waals surface area (Å²) in [6.07, 6.45) is 0. The zero-order valence-corrected chi connectivity index (χ0v) is 28.9. The monoisotopic (exact) mass is 760 g/mol. The molecule has 2 aliphatic heterocycles. The number of Topliss-reactive ketones (excluding diaryl/α,β-unsaturated/α-hetero) is 1. The number of phenolic OH excluding ortho intramolecular Hbond substituents is 2. The van der Waals surface area contributed by atoms with Crippen LogP contribution in [-0.4, -0.2) is 125 Å². The van der Waals surface area contributed by atoms with Gasteiger partial charge >= 0.3 is 11.9 Å². The average molecular weight is 761 g/mol. The molecular weight excluding hydrogens is 732 g/mol. The number of amides is 3. The Morgan fingerprint density at radius 2 is 1.94 bits per heavy atom. The van der Waals surface area contributed by atoms with Crippen LogP contribution in [0.3, 0.4) is 0 Å². The molecule has 2 aliphatic rings. The molecule has 2 aromatic rings. The number of hydrogen-bond donors (Lipinski definition) is 7. The summed E-state index contributed by atoms with van der Waals surface area (Å²) in [6.45, 7) is 1.98. The van der Waals surface area contributed by atoms with Crippen LogP contribution in [0.4, 0.5) is 5.13 Å². The van der Waals surface area contributed by atoms with Gasteiger partial charge in [0.15, 0.2) is 26.4 Å². The first-order chi connectivity index (χ1) is 22.9. The number of ether oxygens (including phenoxy) is 1. The van der Waals surface area contributed by atoms with Gasteiger partial charge in [-0.25, -0.2) is 14.6 Å². The maximum Gasteiger partial charge on any atom is 0.350 e. The second-order valence-corrected chi connectivity index (χ2v) is 15.2. The van der Waals surface area contributed by atoms with E-state index in [9.17, 15) is 49.2 Å². The van der Waals surface area contributed by atoms with Gasteiger partial charge < -0.3 is 51.3 Å². The van der Waals surface area contributed by atoms with Crippen molar-refractivity contribution >= 4 is 92.7 Å². The molecule has 1 unspecified atom stereocenters. The van der Waals surface area contributed by atoms with Gasteiger partial charge in [-0.15, -0.1) is 34.9 Å². The third-order valence-electron chi connectivity index (χ3n) is 7.07. The number of carboxylic acid groups (broad SMARTS) is 2. The first-order valence-corrected chi connectivity index (χ1v) is 17.0. The molecule has 3 amide bonds. The fourth-order valence-electron chi connectivity index (χ4n) is 4.35. The standard InChI is InChI=1S/C27H29ClN6O12S3/c1-26(2,23(41)42)46-33-15(12-8-47-25(29)31-12)19(38)32-16-21(40)34-9-27(24(43)44,49-22(16)34)48-7-10(6-45-3)30-20(39)17(36)11-4-5-13(35)18(37)14(11)28/h4-5,8,10,16,22,35,37H,6-7,9H2,1-3H3,(H2,29,31)(H,30,39)(H,32,38)(H,41,42)(H,43,44)/b33-15-/t10-,16?,22-,27-/m1/s1. The van der Waals surface area contributed by atoms with Gasteiger partial charge in [0.1, 0.15) is 17.1 Å². The van der Waals surface area contributed by atoms with Gasteiger partial charge in [-0.05, 0) is 26.0 Å². The van der Waals surface area contributed by atoms with Crippen molar-refractivity contribution in [2.24, 2.45) is 5.16 Å². The third kappa shape index (κ3) is 7.80. The number of aliphatic carboxylic acids is 2. The first kappa shape index (κ1) is 37.5. The van der Waals surface area contributed by atoms with E-state index in [2.05, 4.69) is 20.8 Å². The Labute approximate surface area is 294 Å². The highest BCUT2D eigenvalue weighted by Crippen LogP contribution is 2.52. The maximum atomic E-state index is 13.3. The van der Waals surface area contributed by atoms with Crippen molar-refractivity contribution in [2.45, 2.75) is 41.0 Å². The number of β-lactam (4-membered cyclic amide) rings is 1. The molecule has 0 bridgehead atoms. The molecule has 0 radical (unpaired) electrons. The lowest BCUT2D eigenvalue weighted by Gasteiger charge is -2.41. The summed E-state index contributed by atoms with van der Waals surface area (Å²) in [4.78, 5) is 86.3. The van der Waals surface area contributed by atoms with E-state index in [4.69, 9.17) is 26.9 Å². The molecule has 8 N–H and O–H groups in total. The number of oxime groups is 1. The molecule has 0 aliphatic carbocycles. The molecule has 0 saturated carbocycles. The smallest absolute Gasteiger partial charge is 0.350 e. The Morgan fingerprint density at radius 1 is 1.24 bits per heavy atom. The number of hydrogen-bond acceptors (Lipinski definition) is 16. The summed E-state index contributed by atoms with van der Waals surface area (Å²) in [5, 5.41) is 47.7. The van der Waals surface area contributed by atoms with Gasteiger partial charge in [0, 0.05) is 18.2 Å². The molecule has 0 spiro atoms. The highest BCUT2D eigenvalue weighted by molar-refractivity contribution is 8.20. The third-order valence-corrected chi connectivity index (χ3v) is 11.6. The van der Waals surface area contributed by atoms with Gasteiger partial charge in [-0.1, -0.05) is 16.8 Å². The minimum absolute atomic E-state index is 0.0477. The number of phenols is 2. The number of carboxylic acids is 2. The lowest BCUT2D eigenvalue weighted by Crippen LogP contribution is -2.68. The van der Waals surface area contributed by atoms with Crippen LogP contribution in [0.15, 0.2) is 22.7 Å². The Morgan fingerprint density at radius 3 is 2.53 bits per heavy atom. The minimum Gasteiger partial charge on any atom is -0.504 e. The van der Waals surface area contributed by atoms with E-state index in [0.717, 1.165) is 47.0 Å². The predicted molar refractivity (Wildman–Crippen MR) is 177 cm³/mol. The lowest BCUT2D eigenvalue weighted by atomic mass is 10.1. The van der Waals surface area contributed by atoms with E-state index in [0.29, 0.717) is 0 Å². The molecule has 4 rings (SSSR count). The number of anilines is 1. The molecule has 2 fully saturated rings. The summed E-state index contributed by atoms with van der Waals surface area (Å²) < 4.78 is 3.47. The van der Waals surface area contributed by atoms with Crippen LogP contribution in [0.5, 0.6) is 11.5 Å². The van der Waals surface area contributed by atoms with Crippen molar-refractivity contribution in [1.29, 1.82) is 0 Å². The van der Waals surface area contributed by atoms with Crippen LogP contribution < -0.4 is 16.4 Å². The molecular formula is C27H29ClN6O12S3. The fourth-order valence-corrected chi connectivity index (χ4v) is 8.25. The highest BCUT2D eigenvalue weighted by atomic mass is 35.5. The zero-order chi connectivity index (χ0) is 36.4. The number of carbonyl (C=O) groups excluding carboxylic acids is 4. The van der Waals surface area contributed by atoms with Gasteiger partial charge in [0.2, 0.25) is 11.5 Å². The second kappa shape index (κ2) is 14.7. The number of fused-ring (bicyclic) bond motifs is 1. The Balaban J connectivity index is 1.46. The number of halogens is 1. The predicted octanol–water partition coefficient (Wildman–Crippen LogP) is 0.302. The van der Waals surface area contributed by atoms with Gasteiger partial charge in [0.25, 0.3) is 17.6 Å². The Kier molecular flexibility index (Phi) is 11.2. The van der Waals surface area contributed by atoms with E-state index in [1.54, 1.807) is 0 Å². The number of nitrogen functional groups attached to an aromatic ring is 1. The summed E-state index contributed by atoms with van der Waals surface area (Å²) >= 11 is 8.62. The van der Waals surface area contributed by atoms with E-state index < -0.39 is 84.8 Å². The first-order valence-electron chi connectivity index (χ1n) is 13.8. The van der Waals surface area contributed by atoms with Crippen LogP contribution >= 0.6 is 46.5 Å². The van der Waals surface area contributed by atoms with Crippen LogP contribution in [0, 0.1) is 0 Å². The van der Waals surface area contributed by atoms with Crippen molar-refractivity contribution in [3.8, 4) is 11.5 Å². The molecule has 4 atom stereocenters. The number of thioether (sulfide) groups is 2. The molecule has 3 heterocycles. The van der Waals surface area contributed by atoms with E-state index in [1.807, 2.05) is 0 Å². The van der Waals surface area contributed by atoms with Gasteiger partial charge in [0.05, 0.1) is 29.8 Å². The number of methoxy groups -OCH3 is 1. The van der Waals surface area contributed by atoms with Crippen molar-refractivity contribution in [1.82, 2.24) is 20.5 Å². The molecule has 1 aromatic carbocycles. The SMILES string of the molecule is COC[C@H](CS[C@]1(C(=O)O)CN2C(=O)C(NC(=O)/C(=N\OC(C)(C)C(=O)O)c3csc(N)n3)[C@H]2S1)NC(=O)C(=O)c1ccc(O)c(O)c1Cl. The summed E-state index contributed by atoms with van der Waals surface area (Å²) in [5.74, 6) is -8.00. The second-order valence-electron chi connectivity index (χ2n) is 11.0. The molecule has 49 heavy (non-hydrogen) atoms. The van der Waals surface area contributed by atoms with E-state index in [1.165, 1.54) is 31.2 Å². The quantitative estimate of drug-likeness (QED) is 0.0321. The largest absolute Gasteiger partial charge is 0.504 e. The topological polar surface area (TPSA) is 280 Å². The van der Waals surface area contributed by atoms with Crippen LogP contribution in [-0.2, 0) is 33.5 Å². The van der Waals surface area contributed by atoms with Crippen LogP contribution in [0.25, 0.3) is 0 Å². The Bertz CT molecular complexity index is 1740. The zero-order valence-electron chi connectivity index (χ0n) is 25.7. The average Bonchev–Trinajstić information content (AvgIpc) is 3.63. The molecule has 18 nitrogen and oxygen atoms in total. The van der Waals surface area contributed by atoms with Crippen molar-refractivity contribution < 1.29 is 58.8 Å². The number of aromatic nitrogens is 1. The van der Waals surface area contributed by atoms with Crippen molar-refractivity contribution in [3.05, 3.63) is 33.8 Å². The lowest BCUT2D eigenvalue weighted by molar-refractivity contribution is -0.161. The Hall–Kier alpha value is -4.31. The molecule has 264 valence electrons. The minimum atomic E-state index is -1.83. The van der Waals surface area contributed by atoms with Gasteiger partial charge in [-0.3, -0.25) is 19.2 Å². The fraction of sp³-hybridized carbons (Fsp3) is 0.407. The summed E-state index contributed by atoms with van der Waals surface area (Å²) in [6, 6.07) is -0.0805. The number of nitrogens with two attached hydrogens (primary N) is 1. The van der Waals surface area contributed by atoms with Gasteiger partial charge in [-0.2, -0.15) is 0 Å².